The summed E-state index contributed by atoms with van der Waals surface area (Å²) in [4.78, 5) is 0. The second-order valence-electron chi connectivity index (χ2n) is 4.36. The first kappa shape index (κ1) is 11.5. The number of aryl methyl sites for hydroxylation is 1. The van der Waals surface area contributed by atoms with Crippen LogP contribution < -0.4 is 5.32 Å². The fraction of sp³-hybridized carbons (Fsp3) is 0.385. The van der Waals surface area contributed by atoms with Crippen LogP contribution in [0.3, 0.4) is 0 Å². The normalized spacial score (nSPS) is 19.9. The third kappa shape index (κ3) is 1.72. The molecule has 1 N–H and O–H groups in total. The Bertz CT molecular complexity index is 484. The highest BCUT2D eigenvalue weighted by Crippen LogP contribution is 2.30. The lowest BCUT2D eigenvalue weighted by Gasteiger charge is -2.08. The summed E-state index contributed by atoms with van der Waals surface area (Å²) in [6.07, 6.45) is 4.84. The highest BCUT2D eigenvalue weighted by atomic mass is 35.5. The Balaban J connectivity index is 0.000000963. The number of hydrogen-bond donors (Lipinski definition) is 1. The van der Waals surface area contributed by atoms with Crippen LogP contribution in [0.25, 0.3) is 10.9 Å². The molecule has 0 saturated carbocycles. The Hall–Kier alpha value is -0.990. The fourth-order valence-electron chi connectivity index (χ4n) is 2.60. The van der Waals surface area contributed by atoms with E-state index in [-0.39, 0.29) is 12.4 Å². The summed E-state index contributed by atoms with van der Waals surface area (Å²) >= 11 is 0. The molecule has 86 valence electrons. The number of nitrogens with one attached hydrogen (secondary N) is 1. The molecule has 1 aromatic heterocycles. The van der Waals surface area contributed by atoms with Gasteiger partial charge in [0.1, 0.15) is 0 Å². The molecule has 0 aliphatic carbocycles. The van der Waals surface area contributed by atoms with Crippen LogP contribution in [0, 0.1) is 0 Å². The first-order chi connectivity index (χ1) is 7.36. The van der Waals surface area contributed by atoms with E-state index in [1.165, 1.54) is 29.3 Å². The highest BCUT2D eigenvalue weighted by molar-refractivity contribution is 5.85. The molecule has 0 radical (unpaired) electrons. The number of benzene rings is 1. The molecule has 2 heterocycles. The predicted molar refractivity (Wildman–Crippen MR) is 70.1 cm³/mol. The first-order valence-corrected chi connectivity index (χ1v) is 5.63. The molecule has 2 nitrogen and oxygen atoms in total. The summed E-state index contributed by atoms with van der Waals surface area (Å²) in [5.41, 5.74) is 2.80. The van der Waals surface area contributed by atoms with E-state index >= 15 is 0 Å². The van der Waals surface area contributed by atoms with E-state index in [4.69, 9.17) is 0 Å². The number of para-hydroxylation sites is 1. The van der Waals surface area contributed by atoms with E-state index in [0.717, 1.165) is 6.54 Å². The lowest BCUT2D eigenvalue weighted by molar-refractivity contribution is 0.650. The van der Waals surface area contributed by atoms with E-state index in [1.807, 2.05) is 0 Å². The summed E-state index contributed by atoms with van der Waals surface area (Å²) in [6.45, 7) is 1.16. The molecule has 3 rings (SSSR count). The van der Waals surface area contributed by atoms with Gasteiger partial charge >= 0.3 is 0 Å². The molecular formula is C13H17ClN2. The van der Waals surface area contributed by atoms with Gasteiger partial charge in [0, 0.05) is 30.2 Å². The van der Waals surface area contributed by atoms with Gasteiger partial charge in [-0.15, -0.1) is 12.4 Å². The lowest BCUT2D eigenvalue weighted by Crippen LogP contribution is -2.12. The Morgan fingerprint density at radius 2 is 2.12 bits per heavy atom. The maximum Gasteiger partial charge on any atom is 0.0481 e. The van der Waals surface area contributed by atoms with E-state index in [1.54, 1.807) is 0 Å². The summed E-state index contributed by atoms with van der Waals surface area (Å²) in [6, 6.07) is 9.21. The number of fused-ring (bicyclic) bond motifs is 1. The first-order valence-electron chi connectivity index (χ1n) is 5.63. The quantitative estimate of drug-likeness (QED) is 0.806. The minimum Gasteiger partial charge on any atom is -0.350 e. The number of rotatable bonds is 1. The molecule has 1 aliphatic heterocycles. The molecule has 1 aliphatic rings. The zero-order valence-corrected chi connectivity index (χ0v) is 10.3. The highest BCUT2D eigenvalue weighted by Gasteiger charge is 2.19. The van der Waals surface area contributed by atoms with Gasteiger partial charge in [0.05, 0.1) is 0 Å². The van der Waals surface area contributed by atoms with E-state index in [0.29, 0.717) is 6.04 Å². The summed E-state index contributed by atoms with van der Waals surface area (Å²) in [7, 11) is 2.13. The number of hydrogen-bond acceptors (Lipinski definition) is 1. The van der Waals surface area contributed by atoms with Crippen LogP contribution in [0.2, 0.25) is 0 Å². The second-order valence-corrected chi connectivity index (χ2v) is 4.36. The van der Waals surface area contributed by atoms with Gasteiger partial charge in [0.15, 0.2) is 0 Å². The van der Waals surface area contributed by atoms with Gasteiger partial charge in [-0.3, -0.25) is 0 Å². The molecule has 0 spiro atoms. The number of aromatic nitrogens is 1. The zero-order valence-electron chi connectivity index (χ0n) is 9.44. The van der Waals surface area contributed by atoms with Gasteiger partial charge in [-0.2, -0.15) is 0 Å². The molecular weight excluding hydrogens is 220 g/mol. The van der Waals surface area contributed by atoms with Gasteiger partial charge < -0.3 is 9.88 Å². The largest absolute Gasteiger partial charge is 0.350 e. The fourth-order valence-corrected chi connectivity index (χ4v) is 2.60. The van der Waals surface area contributed by atoms with Gasteiger partial charge in [0.2, 0.25) is 0 Å². The third-order valence-electron chi connectivity index (χ3n) is 3.36. The van der Waals surface area contributed by atoms with Gasteiger partial charge in [0.25, 0.3) is 0 Å². The molecule has 2 aromatic rings. The van der Waals surface area contributed by atoms with Crippen LogP contribution in [-0.2, 0) is 7.05 Å². The molecule has 1 atom stereocenters. The van der Waals surface area contributed by atoms with Crippen LogP contribution in [0.4, 0.5) is 0 Å². The smallest absolute Gasteiger partial charge is 0.0481 e. The molecule has 3 heteroatoms. The molecule has 1 aromatic carbocycles. The average molecular weight is 237 g/mol. The van der Waals surface area contributed by atoms with Crippen LogP contribution in [0.1, 0.15) is 24.4 Å². The van der Waals surface area contributed by atoms with Gasteiger partial charge in [-0.1, -0.05) is 18.2 Å². The lowest BCUT2D eigenvalue weighted by atomic mass is 10.0. The standard InChI is InChI=1S/C13H16N2.ClH/c1-15-9-11(12-6-4-8-14-12)10-5-2-3-7-13(10)15;/h2-3,5,7,9,12,14H,4,6,8H2,1H3;1H. The van der Waals surface area contributed by atoms with Crippen molar-refractivity contribution in [1.29, 1.82) is 0 Å². The molecule has 1 saturated heterocycles. The number of halogens is 1. The monoisotopic (exact) mass is 236 g/mol. The minimum atomic E-state index is 0. The van der Waals surface area contributed by atoms with Crippen LogP contribution >= 0.6 is 12.4 Å². The molecule has 0 amide bonds. The third-order valence-corrected chi connectivity index (χ3v) is 3.36. The Morgan fingerprint density at radius 3 is 2.88 bits per heavy atom. The van der Waals surface area contributed by atoms with Crippen LogP contribution in [-0.4, -0.2) is 11.1 Å². The van der Waals surface area contributed by atoms with Crippen molar-refractivity contribution in [2.75, 3.05) is 6.54 Å². The van der Waals surface area contributed by atoms with Crippen molar-refractivity contribution in [2.24, 2.45) is 7.05 Å². The van der Waals surface area contributed by atoms with Gasteiger partial charge in [-0.25, -0.2) is 0 Å². The summed E-state index contributed by atoms with van der Waals surface area (Å²) < 4.78 is 2.23. The Morgan fingerprint density at radius 1 is 1.31 bits per heavy atom. The maximum absolute atomic E-state index is 3.57. The molecule has 0 bridgehead atoms. The molecule has 16 heavy (non-hydrogen) atoms. The van der Waals surface area contributed by atoms with Crippen molar-refractivity contribution in [3.8, 4) is 0 Å². The minimum absolute atomic E-state index is 0. The second kappa shape index (κ2) is 4.48. The SMILES string of the molecule is Cl.Cn1cc(C2CCCN2)c2ccccc21. The predicted octanol–water partition coefficient (Wildman–Crippen LogP) is 3.02. The number of nitrogens with zero attached hydrogens (tertiary/aromatic N) is 1. The van der Waals surface area contributed by atoms with E-state index < -0.39 is 0 Å². The van der Waals surface area contributed by atoms with E-state index in [9.17, 15) is 0 Å². The molecule has 1 fully saturated rings. The van der Waals surface area contributed by atoms with Crippen molar-refractivity contribution in [2.45, 2.75) is 18.9 Å². The zero-order chi connectivity index (χ0) is 10.3. The van der Waals surface area contributed by atoms with Crippen LogP contribution in [0.15, 0.2) is 30.5 Å². The van der Waals surface area contributed by atoms with Crippen LogP contribution in [0.5, 0.6) is 0 Å². The molecule has 1 unspecified atom stereocenters. The summed E-state index contributed by atoms with van der Waals surface area (Å²) in [5, 5.41) is 4.97. The van der Waals surface area contributed by atoms with Crippen molar-refractivity contribution >= 4 is 23.3 Å². The Kier molecular flexibility index (Phi) is 3.22. The van der Waals surface area contributed by atoms with E-state index in [2.05, 4.69) is 47.4 Å². The van der Waals surface area contributed by atoms with Crippen molar-refractivity contribution in [3.63, 3.8) is 0 Å². The van der Waals surface area contributed by atoms with Crippen molar-refractivity contribution in [1.82, 2.24) is 9.88 Å². The maximum atomic E-state index is 3.57. The summed E-state index contributed by atoms with van der Waals surface area (Å²) in [5.74, 6) is 0. The van der Waals surface area contributed by atoms with Crippen molar-refractivity contribution < 1.29 is 0 Å². The van der Waals surface area contributed by atoms with Crippen molar-refractivity contribution in [3.05, 3.63) is 36.0 Å². The average Bonchev–Trinajstić information content (AvgIpc) is 2.87. The van der Waals surface area contributed by atoms with Gasteiger partial charge in [-0.05, 0) is 31.0 Å². The Labute approximate surface area is 102 Å². The topological polar surface area (TPSA) is 17.0 Å².